The van der Waals surface area contributed by atoms with Gasteiger partial charge in [-0.25, -0.2) is 0 Å². The van der Waals surface area contributed by atoms with E-state index in [9.17, 15) is 4.79 Å². The van der Waals surface area contributed by atoms with Gasteiger partial charge in [0.1, 0.15) is 0 Å². The van der Waals surface area contributed by atoms with Crippen LogP contribution in [0.25, 0.3) is 6.08 Å². The van der Waals surface area contributed by atoms with E-state index in [1.165, 1.54) is 0 Å². The van der Waals surface area contributed by atoms with Gasteiger partial charge in [-0.3, -0.25) is 4.79 Å². The number of aliphatic hydroxyl groups is 1. The largest absolute Gasteiger partial charge is 0.396 e. The van der Waals surface area contributed by atoms with Crippen molar-refractivity contribution in [3.05, 3.63) is 41.0 Å². The van der Waals surface area contributed by atoms with Crippen LogP contribution in [0, 0.1) is 0 Å². The fourth-order valence-corrected chi connectivity index (χ4v) is 1.87. The van der Waals surface area contributed by atoms with Gasteiger partial charge in [-0.15, -0.1) is 0 Å². The summed E-state index contributed by atoms with van der Waals surface area (Å²) >= 11 is 0. The Labute approximate surface area is 89.2 Å². The van der Waals surface area contributed by atoms with Gasteiger partial charge in [0, 0.05) is 18.6 Å². The third-order valence-corrected chi connectivity index (χ3v) is 2.66. The fourth-order valence-electron chi connectivity index (χ4n) is 1.87. The van der Waals surface area contributed by atoms with E-state index in [2.05, 4.69) is 6.07 Å². The Bertz CT molecular complexity index is 405. The number of carbonyl (C=O) groups excluding carboxylic acids is 1. The first-order valence-electron chi connectivity index (χ1n) is 5.25. The molecule has 2 heteroatoms. The molecule has 0 atom stereocenters. The smallest absolute Gasteiger partial charge is 0.163 e. The minimum absolute atomic E-state index is 0.180. The number of carbonyl (C=O) groups is 1. The van der Waals surface area contributed by atoms with E-state index in [0.717, 1.165) is 23.1 Å². The average molecular weight is 202 g/mol. The van der Waals surface area contributed by atoms with Crippen LogP contribution in [-0.2, 0) is 6.42 Å². The lowest BCUT2D eigenvalue weighted by molar-refractivity contribution is 0.0994. The van der Waals surface area contributed by atoms with Crippen LogP contribution < -0.4 is 0 Å². The molecule has 0 saturated carbocycles. The second-order valence-electron chi connectivity index (χ2n) is 3.75. The van der Waals surface area contributed by atoms with Crippen LogP contribution in [0.5, 0.6) is 0 Å². The van der Waals surface area contributed by atoms with E-state index < -0.39 is 0 Å². The third kappa shape index (κ3) is 2.16. The molecule has 1 aliphatic carbocycles. The average Bonchev–Trinajstić information content (AvgIpc) is 2.61. The maximum absolute atomic E-state index is 11.4. The van der Waals surface area contributed by atoms with E-state index >= 15 is 0 Å². The second kappa shape index (κ2) is 4.41. The van der Waals surface area contributed by atoms with Crippen molar-refractivity contribution in [2.45, 2.75) is 19.3 Å². The number of ketones is 1. The van der Waals surface area contributed by atoms with Gasteiger partial charge in [0.05, 0.1) is 0 Å². The summed E-state index contributed by atoms with van der Waals surface area (Å²) in [6.45, 7) is 0.180. The number of hydrogen-bond acceptors (Lipinski definition) is 2. The molecule has 0 bridgehead atoms. The molecule has 0 saturated heterocycles. The minimum Gasteiger partial charge on any atom is -0.396 e. The highest BCUT2D eigenvalue weighted by atomic mass is 16.2. The number of hydrogen-bond donors (Lipinski definition) is 1. The van der Waals surface area contributed by atoms with Crippen molar-refractivity contribution >= 4 is 11.9 Å². The number of aryl methyl sites for hydroxylation is 1. The van der Waals surface area contributed by atoms with E-state index in [-0.39, 0.29) is 12.4 Å². The van der Waals surface area contributed by atoms with Gasteiger partial charge in [0.2, 0.25) is 0 Å². The molecule has 2 rings (SSSR count). The lowest BCUT2D eigenvalue weighted by atomic mass is 10.1. The van der Waals surface area contributed by atoms with Crippen LogP contribution in [-0.4, -0.2) is 17.5 Å². The Morgan fingerprint density at radius 1 is 1.33 bits per heavy atom. The summed E-state index contributed by atoms with van der Waals surface area (Å²) in [6.07, 6.45) is 6.13. The zero-order chi connectivity index (χ0) is 10.7. The predicted octanol–water partition coefficient (Wildman–Crippen LogP) is 2.21. The van der Waals surface area contributed by atoms with Crippen molar-refractivity contribution in [3.63, 3.8) is 0 Å². The lowest BCUT2D eigenvalue weighted by Gasteiger charge is -1.99. The first-order valence-corrected chi connectivity index (χ1v) is 5.25. The number of rotatable bonds is 3. The molecule has 15 heavy (non-hydrogen) atoms. The first-order chi connectivity index (χ1) is 7.31. The number of aliphatic hydroxyl groups excluding tert-OH is 1. The van der Waals surface area contributed by atoms with Crippen molar-refractivity contribution in [3.8, 4) is 0 Å². The Kier molecular flexibility index (Phi) is 2.97. The van der Waals surface area contributed by atoms with Crippen molar-refractivity contribution in [2.75, 3.05) is 6.61 Å². The summed E-state index contributed by atoms with van der Waals surface area (Å²) in [5.74, 6) is 0.260. The van der Waals surface area contributed by atoms with E-state index in [1.54, 1.807) is 0 Å². The summed E-state index contributed by atoms with van der Waals surface area (Å²) in [4.78, 5) is 11.4. The molecule has 78 valence electrons. The van der Waals surface area contributed by atoms with Crippen LogP contribution in [0.15, 0.2) is 24.3 Å². The molecule has 0 aliphatic heterocycles. The molecule has 0 unspecified atom stereocenters. The van der Waals surface area contributed by atoms with Gasteiger partial charge in [0.25, 0.3) is 0 Å². The van der Waals surface area contributed by atoms with Crippen LogP contribution in [0.4, 0.5) is 0 Å². The van der Waals surface area contributed by atoms with Crippen molar-refractivity contribution < 1.29 is 9.90 Å². The molecule has 1 aromatic carbocycles. The Hall–Kier alpha value is -1.41. The molecule has 0 fully saturated rings. The van der Waals surface area contributed by atoms with Crippen LogP contribution in [0.1, 0.15) is 34.3 Å². The zero-order valence-corrected chi connectivity index (χ0v) is 8.57. The maximum atomic E-state index is 11.4. The lowest BCUT2D eigenvalue weighted by Crippen LogP contribution is -1.90. The molecule has 1 aromatic rings. The van der Waals surface area contributed by atoms with E-state index in [0.29, 0.717) is 12.8 Å². The van der Waals surface area contributed by atoms with Gasteiger partial charge < -0.3 is 5.11 Å². The van der Waals surface area contributed by atoms with Gasteiger partial charge in [-0.05, 0) is 24.0 Å². The molecule has 0 amide bonds. The summed E-state index contributed by atoms with van der Waals surface area (Å²) in [5, 5.41) is 8.64. The SMILES string of the molecule is O=C1CCc2cc(C=CCCO)ccc21. The Morgan fingerprint density at radius 2 is 2.20 bits per heavy atom. The van der Waals surface area contributed by atoms with Crippen LogP contribution in [0.2, 0.25) is 0 Å². The van der Waals surface area contributed by atoms with Crippen molar-refractivity contribution in [1.29, 1.82) is 0 Å². The molecule has 1 N–H and O–H groups in total. The Morgan fingerprint density at radius 3 is 3.00 bits per heavy atom. The molecule has 0 heterocycles. The highest BCUT2D eigenvalue weighted by Crippen LogP contribution is 2.23. The number of benzene rings is 1. The molecule has 1 aliphatic rings. The van der Waals surface area contributed by atoms with Gasteiger partial charge in [-0.1, -0.05) is 30.4 Å². The molecular weight excluding hydrogens is 188 g/mol. The first kappa shape index (κ1) is 10.1. The van der Waals surface area contributed by atoms with Crippen molar-refractivity contribution in [2.24, 2.45) is 0 Å². The molecule has 0 spiro atoms. The van der Waals surface area contributed by atoms with Crippen LogP contribution >= 0.6 is 0 Å². The number of Topliss-reactive ketones (excluding diaryl/α,β-unsaturated/α-hetero) is 1. The summed E-state index contributed by atoms with van der Waals surface area (Å²) in [7, 11) is 0. The van der Waals surface area contributed by atoms with Gasteiger partial charge in [0.15, 0.2) is 5.78 Å². The number of fused-ring (bicyclic) bond motifs is 1. The maximum Gasteiger partial charge on any atom is 0.163 e. The molecular formula is C13H14O2. The molecule has 0 radical (unpaired) electrons. The summed E-state index contributed by atoms with van der Waals surface area (Å²) in [5.41, 5.74) is 3.15. The fraction of sp³-hybridized carbons (Fsp3) is 0.308. The minimum atomic E-state index is 0.180. The Balaban J connectivity index is 2.19. The quantitative estimate of drug-likeness (QED) is 0.816. The van der Waals surface area contributed by atoms with Crippen LogP contribution in [0.3, 0.4) is 0 Å². The molecule has 0 aromatic heterocycles. The third-order valence-electron chi connectivity index (χ3n) is 2.66. The summed E-state index contributed by atoms with van der Waals surface area (Å²) in [6, 6.07) is 5.92. The van der Waals surface area contributed by atoms with Gasteiger partial charge >= 0.3 is 0 Å². The topological polar surface area (TPSA) is 37.3 Å². The normalized spacial score (nSPS) is 14.9. The van der Waals surface area contributed by atoms with Gasteiger partial charge in [-0.2, -0.15) is 0 Å². The standard InChI is InChI=1S/C13H14O2/c14-8-2-1-3-10-4-6-12-11(9-10)5-7-13(12)15/h1,3-4,6,9,14H,2,5,7-8H2. The zero-order valence-electron chi connectivity index (χ0n) is 8.57. The van der Waals surface area contributed by atoms with E-state index in [1.807, 2.05) is 24.3 Å². The van der Waals surface area contributed by atoms with Crippen molar-refractivity contribution in [1.82, 2.24) is 0 Å². The highest BCUT2D eigenvalue weighted by molar-refractivity contribution is 6.00. The second-order valence-corrected chi connectivity index (χ2v) is 3.75. The van der Waals surface area contributed by atoms with E-state index in [4.69, 9.17) is 5.11 Å². The monoisotopic (exact) mass is 202 g/mol. The molecule has 2 nitrogen and oxygen atoms in total. The predicted molar refractivity (Wildman–Crippen MR) is 59.8 cm³/mol. The highest BCUT2D eigenvalue weighted by Gasteiger charge is 2.18. The summed E-state index contributed by atoms with van der Waals surface area (Å²) < 4.78 is 0.